The molecule has 106 valence electrons. The molecular weight excluding hydrogens is 250 g/mol. The summed E-state index contributed by atoms with van der Waals surface area (Å²) >= 11 is 0. The van der Waals surface area contributed by atoms with E-state index in [4.69, 9.17) is 0 Å². The Labute approximate surface area is 119 Å². The Bertz CT molecular complexity index is 557. The van der Waals surface area contributed by atoms with Crippen molar-refractivity contribution in [3.63, 3.8) is 0 Å². The second-order valence-electron chi connectivity index (χ2n) is 5.71. The molecule has 0 radical (unpaired) electrons. The monoisotopic (exact) mass is 271 g/mol. The lowest BCUT2D eigenvalue weighted by Gasteiger charge is -2.36. The van der Waals surface area contributed by atoms with Crippen LogP contribution < -0.4 is 5.32 Å². The van der Waals surface area contributed by atoms with Crippen LogP contribution in [0.3, 0.4) is 0 Å². The first-order valence-electron chi connectivity index (χ1n) is 7.22. The van der Waals surface area contributed by atoms with E-state index in [0.29, 0.717) is 6.04 Å². The van der Waals surface area contributed by atoms with Crippen LogP contribution in [0.4, 0.5) is 5.69 Å². The predicted octanol–water partition coefficient (Wildman–Crippen LogP) is 2.96. The number of pyridine rings is 1. The summed E-state index contributed by atoms with van der Waals surface area (Å²) in [5, 5.41) is 14.3. The van der Waals surface area contributed by atoms with E-state index < -0.39 is 5.60 Å². The molecule has 3 rings (SSSR count). The summed E-state index contributed by atoms with van der Waals surface area (Å²) in [6, 6.07) is 8.33. The molecule has 1 saturated carbocycles. The summed E-state index contributed by atoms with van der Waals surface area (Å²) in [5.74, 6) is 0. The Morgan fingerprint density at radius 2 is 2.10 bits per heavy atom. The lowest BCUT2D eigenvalue weighted by atomic mass is 9.79. The Balaban J connectivity index is 1.65. The normalized spacial score (nSPS) is 26.4. The molecule has 1 fully saturated rings. The van der Waals surface area contributed by atoms with Gasteiger partial charge >= 0.3 is 0 Å². The third-order valence-corrected chi connectivity index (χ3v) is 4.15. The van der Waals surface area contributed by atoms with Gasteiger partial charge in [-0.15, -0.1) is 0 Å². The summed E-state index contributed by atoms with van der Waals surface area (Å²) in [4.78, 5) is 7.54. The quantitative estimate of drug-likeness (QED) is 0.804. The highest BCUT2D eigenvalue weighted by Crippen LogP contribution is 2.37. The highest BCUT2D eigenvalue weighted by Gasteiger charge is 2.35. The number of anilines is 1. The van der Waals surface area contributed by atoms with Crippen LogP contribution >= 0.6 is 0 Å². The molecule has 0 atom stereocenters. The molecule has 4 heteroatoms. The van der Waals surface area contributed by atoms with Gasteiger partial charge in [-0.25, -0.2) is 0 Å². The lowest BCUT2D eigenvalue weighted by Crippen LogP contribution is -2.37. The van der Waals surface area contributed by atoms with Crippen molar-refractivity contribution in [2.45, 2.75) is 44.2 Å². The molecule has 2 aromatic heterocycles. The van der Waals surface area contributed by atoms with Gasteiger partial charge < -0.3 is 15.4 Å². The van der Waals surface area contributed by atoms with Gasteiger partial charge in [-0.1, -0.05) is 6.07 Å². The zero-order valence-corrected chi connectivity index (χ0v) is 11.8. The van der Waals surface area contributed by atoms with E-state index >= 15 is 0 Å². The van der Waals surface area contributed by atoms with E-state index in [-0.39, 0.29) is 0 Å². The van der Waals surface area contributed by atoms with Crippen LogP contribution in [0.2, 0.25) is 0 Å². The van der Waals surface area contributed by atoms with Crippen LogP contribution in [0.15, 0.2) is 36.7 Å². The van der Waals surface area contributed by atoms with Gasteiger partial charge in [0.2, 0.25) is 0 Å². The number of aliphatic hydroxyl groups is 1. The van der Waals surface area contributed by atoms with Gasteiger partial charge in [-0.2, -0.15) is 0 Å². The molecule has 0 unspecified atom stereocenters. The van der Waals surface area contributed by atoms with E-state index in [1.54, 1.807) is 0 Å². The maximum Gasteiger partial charge on any atom is 0.107 e. The topological polar surface area (TPSA) is 60.9 Å². The van der Waals surface area contributed by atoms with Gasteiger partial charge in [-0.3, -0.25) is 4.98 Å². The van der Waals surface area contributed by atoms with E-state index in [2.05, 4.69) is 15.3 Å². The predicted molar refractivity (Wildman–Crippen MR) is 79.5 cm³/mol. The number of nitrogens with one attached hydrogen (secondary N) is 2. The summed E-state index contributed by atoms with van der Waals surface area (Å²) < 4.78 is 0. The molecule has 20 heavy (non-hydrogen) atoms. The Morgan fingerprint density at radius 3 is 2.75 bits per heavy atom. The smallest absolute Gasteiger partial charge is 0.107 e. The van der Waals surface area contributed by atoms with Gasteiger partial charge in [0, 0.05) is 24.1 Å². The van der Waals surface area contributed by atoms with Gasteiger partial charge in [0.1, 0.15) is 5.60 Å². The first kappa shape index (κ1) is 13.2. The second-order valence-corrected chi connectivity index (χ2v) is 5.71. The minimum absolute atomic E-state index is 0.427. The van der Waals surface area contributed by atoms with Crippen LogP contribution in [0, 0.1) is 6.92 Å². The van der Waals surface area contributed by atoms with Crippen LogP contribution in [0.25, 0.3) is 0 Å². The highest BCUT2D eigenvalue weighted by atomic mass is 16.3. The van der Waals surface area contributed by atoms with Crippen molar-refractivity contribution < 1.29 is 5.11 Å². The van der Waals surface area contributed by atoms with Crippen molar-refractivity contribution in [3.8, 4) is 0 Å². The Morgan fingerprint density at radius 1 is 1.30 bits per heavy atom. The number of aromatic amines is 1. The van der Waals surface area contributed by atoms with Gasteiger partial charge in [0.05, 0.1) is 11.4 Å². The minimum atomic E-state index is -0.762. The molecule has 1 aliphatic rings. The third kappa shape index (κ3) is 2.70. The van der Waals surface area contributed by atoms with E-state index in [1.165, 1.54) is 0 Å². The first-order chi connectivity index (χ1) is 9.66. The summed E-state index contributed by atoms with van der Waals surface area (Å²) in [5.41, 5.74) is 2.14. The molecule has 0 saturated heterocycles. The highest BCUT2D eigenvalue weighted by molar-refractivity contribution is 5.41. The molecular formula is C16H21N3O. The van der Waals surface area contributed by atoms with Crippen molar-refractivity contribution >= 4 is 5.69 Å². The van der Waals surface area contributed by atoms with Crippen LogP contribution in [0.1, 0.15) is 37.1 Å². The van der Waals surface area contributed by atoms with Crippen LogP contribution in [-0.4, -0.2) is 21.1 Å². The third-order valence-electron chi connectivity index (χ3n) is 4.15. The molecule has 4 nitrogen and oxygen atoms in total. The van der Waals surface area contributed by atoms with E-state index in [9.17, 15) is 5.11 Å². The van der Waals surface area contributed by atoms with Gasteiger partial charge in [0.15, 0.2) is 0 Å². The van der Waals surface area contributed by atoms with Crippen molar-refractivity contribution in [1.82, 2.24) is 9.97 Å². The summed E-state index contributed by atoms with van der Waals surface area (Å²) in [7, 11) is 0. The molecule has 0 aromatic carbocycles. The average Bonchev–Trinajstić information content (AvgIpc) is 2.95. The second kappa shape index (κ2) is 5.29. The number of H-pyrrole nitrogens is 1. The lowest BCUT2D eigenvalue weighted by molar-refractivity contribution is -0.00736. The first-order valence-corrected chi connectivity index (χ1v) is 7.22. The van der Waals surface area contributed by atoms with E-state index in [1.807, 2.05) is 43.6 Å². The molecule has 0 bridgehead atoms. The molecule has 2 heterocycles. The number of nitrogens with zero attached hydrogens (tertiary/aromatic N) is 1. The van der Waals surface area contributed by atoms with Crippen LogP contribution in [-0.2, 0) is 5.60 Å². The minimum Gasteiger partial charge on any atom is -0.384 e. The molecule has 2 aromatic rings. The Hall–Kier alpha value is -1.81. The van der Waals surface area contributed by atoms with E-state index in [0.717, 1.165) is 42.8 Å². The fraction of sp³-hybridized carbons (Fsp3) is 0.438. The summed E-state index contributed by atoms with van der Waals surface area (Å²) in [6.45, 7) is 1.96. The number of hydrogen-bond acceptors (Lipinski definition) is 3. The van der Waals surface area contributed by atoms with Gasteiger partial charge in [0.25, 0.3) is 0 Å². The molecule has 3 N–H and O–H groups in total. The average molecular weight is 271 g/mol. The fourth-order valence-electron chi connectivity index (χ4n) is 2.95. The SMILES string of the molecule is Cc1cccc(C2(O)CCC(Nc3cc[nH]c3)CC2)n1. The fourth-order valence-corrected chi connectivity index (χ4v) is 2.95. The molecule has 0 amide bonds. The standard InChI is InChI=1S/C16H21N3O/c1-12-3-2-4-15(18-12)16(20)8-5-13(6-9-16)19-14-7-10-17-11-14/h2-4,7,10-11,13,17,19-20H,5-6,8-9H2,1H3. The number of hydrogen-bond donors (Lipinski definition) is 3. The van der Waals surface area contributed by atoms with Crippen LogP contribution in [0.5, 0.6) is 0 Å². The Kier molecular flexibility index (Phi) is 3.49. The van der Waals surface area contributed by atoms with Crippen molar-refractivity contribution in [3.05, 3.63) is 48.0 Å². The zero-order chi connectivity index (χ0) is 14.0. The molecule has 0 aliphatic heterocycles. The maximum atomic E-state index is 10.8. The molecule has 1 aliphatic carbocycles. The maximum absolute atomic E-state index is 10.8. The molecule has 0 spiro atoms. The number of aryl methyl sites for hydroxylation is 1. The van der Waals surface area contributed by atoms with Crippen molar-refractivity contribution in [1.29, 1.82) is 0 Å². The van der Waals surface area contributed by atoms with Crippen molar-refractivity contribution in [2.75, 3.05) is 5.32 Å². The largest absolute Gasteiger partial charge is 0.384 e. The van der Waals surface area contributed by atoms with Crippen molar-refractivity contribution in [2.24, 2.45) is 0 Å². The number of aromatic nitrogens is 2. The number of rotatable bonds is 3. The van der Waals surface area contributed by atoms with Gasteiger partial charge in [-0.05, 0) is 50.8 Å². The summed E-state index contributed by atoms with van der Waals surface area (Å²) in [6.07, 6.45) is 7.30. The zero-order valence-electron chi connectivity index (χ0n) is 11.8.